The van der Waals surface area contributed by atoms with Crippen molar-refractivity contribution in [2.75, 3.05) is 7.05 Å². The molecule has 1 aromatic heterocycles. The van der Waals surface area contributed by atoms with E-state index in [1.165, 1.54) is 12.1 Å². The van der Waals surface area contributed by atoms with Crippen molar-refractivity contribution in [2.24, 2.45) is 0 Å². The van der Waals surface area contributed by atoms with Crippen LogP contribution in [0.25, 0.3) is 0 Å². The second-order valence-corrected chi connectivity index (χ2v) is 4.16. The molecular weight excluding hydrogens is 217 g/mol. The minimum Gasteiger partial charge on any atom is -0.464 e. The Morgan fingerprint density at radius 1 is 1.24 bits per heavy atom. The van der Waals surface area contributed by atoms with Gasteiger partial charge in [-0.2, -0.15) is 0 Å². The molecule has 2 rings (SSSR count). The summed E-state index contributed by atoms with van der Waals surface area (Å²) in [5, 5.41) is 3.14. The monoisotopic (exact) mass is 233 g/mol. The molecular formula is C14H16FNO. The van der Waals surface area contributed by atoms with Gasteiger partial charge in [0.2, 0.25) is 0 Å². The molecule has 0 fully saturated rings. The zero-order valence-electron chi connectivity index (χ0n) is 10.3. The van der Waals surface area contributed by atoms with Gasteiger partial charge in [0.1, 0.15) is 17.3 Å². The molecule has 0 aliphatic heterocycles. The molecule has 2 nitrogen and oxygen atoms in total. The summed E-state index contributed by atoms with van der Waals surface area (Å²) in [7, 11) is 1.84. The quantitative estimate of drug-likeness (QED) is 0.879. The van der Waals surface area contributed by atoms with E-state index in [4.69, 9.17) is 4.42 Å². The number of nitrogens with one attached hydrogen (secondary N) is 1. The third-order valence-electron chi connectivity index (χ3n) is 2.94. The van der Waals surface area contributed by atoms with E-state index < -0.39 is 0 Å². The van der Waals surface area contributed by atoms with Crippen LogP contribution in [0, 0.1) is 19.7 Å². The first-order chi connectivity index (χ1) is 8.11. The van der Waals surface area contributed by atoms with Crippen LogP contribution in [-0.4, -0.2) is 7.05 Å². The molecule has 17 heavy (non-hydrogen) atoms. The average molecular weight is 233 g/mol. The fraction of sp³-hybridized carbons (Fsp3) is 0.286. The van der Waals surface area contributed by atoms with Gasteiger partial charge in [0.15, 0.2) is 0 Å². The number of rotatable bonds is 3. The van der Waals surface area contributed by atoms with E-state index in [0.717, 1.165) is 22.6 Å². The van der Waals surface area contributed by atoms with Gasteiger partial charge in [0.25, 0.3) is 0 Å². The summed E-state index contributed by atoms with van der Waals surface area (Å²) in [4.78, 5) is 0. The van der Waals surface area contributed by atoms with Gasteiger partial charge < -0.3 is 9.73 Å². The van der Waals surface area contributed by atoms with E-state index in [0.29, 0.717) is 0 Å². The maximum atomic E-state index is 13.2. The number of aryl methyl sites for hydroxylation is 2. The molecule has 1 unspecified atom stereocenters. The molecule has 0 aliphatic carbocycles. The van der Waals surface area contributed by atoms with Crippen LogP contribution >= 0.6 is 0 Å². The second-order valence-electron chi connectivity index (χ2n) is 4.16. The molecule has 2 aromatic rings. The number of hydrogen-bond donors (Lipinski definition) is 1. The lowest BCUT2D eigenvalue weighted by molar-refractivity contribution is 0.442. The van der Waals surface area contributed by atoms with Crippen molar-refractivity contribution in [1.82, 2.24) is 5.32 Å². The normalized spacial score (nSPS) is 12.7. The van der Waals surface area contributed by atoms with Crippen LogP contribution in [0.2, 0.25) is 0 Å². The Balaban J connectivity index is 2.39. The maximum absolute atomic E-state index is 13.2. The Morgan fingerprint density at radius 2 is 2.00 bits per heavy atom. The van der Waals surface area contributed by atoms with Gasteiger partial charge in [0, 0.05) is 0 Å². The lowest BCUT2D eigenvalue weighted by atomic mass is 10.0. The van der Waals surface area contributed by atoms with Crippen molar-refractivity contribution in [3.8, 4) is 0 Å². The third kappa shape index (κ3) is 2.39. The highest BCUT2D eigenvalue weighted by Gasteiger charge is 2.17. The number of halogens is 1. The Hall–Kier alpha value is -1.61. The predicted octanol–water partition coefficient (Wildman–Crippen LogP) is 3.34. The van der Waals surface area contributed by atoms with E-state index in [1.54, 1.807) is 6.07 Å². The Bertz CT molecular complexity index is 499. The van der Waals surface area contributed by atoms with E-state index in [9.17, 15) is 4.39 Å². The molecule has 1 atom stereocenters. The largest absolute Gasteiger partial charge is 0.464 e. The number of furan rings is 1. The van der Waals surface area contributed by atoms with Crippen LogP contribution in [0.3, 0.4) is 0 Å². The van der Waals surface area contributed by atoms with E-state index in [2.05, 4.69) is 5.32 Å². The molecule has 3 heteroatoms. The van der Waals surface area contributed by atoms with E-state index in [1.807, 2.05) is 33.0 Å². The molecule has 0 spiro atoms. The number of hydrogen-bond acceptors (Lipinski definition) is 2. The highest BCUT2D eigenvalue weighted by Crippen LogP contribution is 2.26. The van der Waals surface area contributed by atoms with Crippen LogP contribution in [0.1, 0.15) is 28.7 Å². The topological polar surface area (TPSA) is 25.2 Å². The summed E-state index contributed by atoms with van der Waals surface area (Å²) in [5.41, 5.74) is 1.97. The molecule has 0 amide bonds. The van der Waals surface area contributed by atoms with Crippen molar-refractivity contribution >= 4 is 0 Å². The van der Waals surface area contributed by atoms with Crippen molar-refractivity contribution in [2.45, 2.75) is 19.9 Å². The smallest absolute Gasteiger partial charge is 0.125 e. The Labute approximate surface area is 100 Å². The lowest BCUT2D eigenvalue weighted by Crippen LogP contribution is -2.17. The zero-order valence-corrected chi connectivity index (χ0v) is 10.3. The summed E-state index contributed by atoms with van der Waals surface area (Å²) in [6.45, 7) is 3.93. The van der Waals surface area contributed by atoms with Gasteiger partial charge in [0.05, 0.1) is 6.04 Å². The fourth-order valence-electron chi connectivity index (χ4n) is 1.90. The highest BCUT2D eigenvalue weighted by molar-refractivity contribution is 5.30. The van der Waals surface area contributed by atoms with Crippen LogP contribution in [0.4, 0.5) is 4.39 Å². The third-order valence-corrected chi connectivity index (χ3v) is 2.94. The summed E-state index contributed by atoms with van der Waals surface area (Å²) in [5.74, 6) is 1.48. The first-order valence-corrected chi connectivity index (χ1v) is 5.61. The van der Waals surface area contributed by atoms with Gasteiger partial charge in [-0.3, -0.25) is 0 Å². The standard InChI is InChI=1S/C14H16FNO/c1-9-7-13(17-10(9)2)14(16-3)11-5-4-6-12(15)8-11/h4-8,14,16H,1-3H3. The molecule has 90 valence electrons. The summed E-state index contributed by atoms with van der Waals surface area (Å²) >= 11 is 0. The van der Waals surface area contributed by atoms with E-state index >= 15 is 0 Å². The predicted molar refractivity (Wildman–Crippen MR) is 65.5 cm³/mol. The van der Waals surface area contributed by atoms with Crippen molar-refractivity contribution in [3.05, 3.63) is 58.8 Å². The molecule has 0 radical (unpaired) electrons. The highest BCUT2D eigenvalue weighted by atomic mass is 19.1. The average Bonchev–Trinajstić information content (AvgIpc) is 2.60. The molecule has 0 saturated carbocycles. The first-order valence-electron chi connectivity index (χ1n) is 5.61. The molecule has 1 aromatic carbocycles. The lowest BCUT2D eigenvalue weighted by Gasteiger charge is -2.14. The molecule has 1 N–H and O–H groups in total. The van der Waals surface area contributed by atoms with Crippen LogP contribution in [0.5, 0.6) is 0 Å². The van der Waals surface area contributed by atoms with Gasteiger partial charge in [-0.15, -0.1) is 0 Å². The fourth-order valence-corrected chi connectivity index (χ4v) is 1.90. The Morgan fingerprint density at radius 3 is 2.53 bits per heavy atom. The van der Waals surface area contributed by atoms with Crippen molar-refractivity contribution in [1.29, 1.82) is 0 Å². The second kappa shape index (κ2) is 4.72. The molecule has 0 bridgehead atoms. The van der Waals surface area contributed by atoms with Crippen LogP contribution in [0.15, 0.2) is 34.7 Å². The maximum Gasteiger partial charge on any atom is 0.125 e. The summed E-state index contributed by atoms with van der Waals surface area (Å²) < 4.78 is 18.9. The van der Waals surface area contributed by atoms with Crippen LogP contribution < -0.4 is 5.32 Å². The van der Waals surface area contributed by atoms with Gasteiger partial charge in [-0.05, 0) is 50.2 Å². The summed E-state index contributed by atoms with van der Waals surface area (Å²) in [6, 6.07) is 8.43. The van der Waals surface area contributed by atoms with Gasteiger partial charge in [-0.1, -0.05) is 12.1 Å². The Kier molecular flexibility index (Phi) is 3.29. The minimum absolute atomic E-state index is 0.113. The molecule has 0 aliphatic rings. The first kappa shape index (κ1) is 11.9. The van der Waals surface area contributed by atoms with Crippen LogP contribution in [-0.2, 0) is 0 Å². The van der Waals surface area contributed by atoms with E-state index in [-0.39, 0.29) is 11.9 Å². The van der Waals surface area contributed by atoms with Gasteiger partial charge >= 0.3 is 0 Å². The molecule has 1 heterocycles. The van der Waals surface area contributed by atoms with Crippen molar-refractivity contribution in [3.63, 3.8) is 0 Å². The molecule has 0 saturated heterocycles. The summed E-state index contributed by atoms with van der Waals surface area (Å²) in [6.07, 6.45) is 0. The van der Waals surface area contributed by atoms with Crippen molar-refractivity contribution < 1.29 is 8.81 Å². The SMILES string of the molecule is CNC(c1cccc(F)c1)c1cc(C)c(C)o1. The zero-order chi connectivity index (χ0) is 12.4. The number of benzene rings is 1. The minimum atomic E-state index is -0.234. The van der Waals surface area contributed by atoms with Gasteiger partial charge in [-0.25, -0.2) is 4.39 Å².